The van der Waals surface area contributed by atoms with Crippen molar-refractivity contribution in [1.82, 2.24) is 0 Å². The van der Waals surface area contributed by atoms with Gasteiger partial charge in [-0.15, -0.1) is 0 Å². The highest BCUT2D eigenvalue weighted by molar-refractivity contribution is 8.00. The number of nitro groups is 1. The summed E-state index contributed by atoms with van der Waals surface area (Å²) in [5, 5.41) is 14.4. The lowest BCUT2D eigenvalue weighted by Crippen LogP contribution is -2.17. The molecule has 0 bridgehead atoms. The van der Waals surface area contributed by atoms with Crippen molar-refractivity contribution in [2.45, 2.75) is 17.6 Å². The minimum atomic E-state index is -0.410. The number of halogens is 1. The first-order chi connectivity index (χ1) is 8.06. The Labute approximate surface area is 109 Å². The summed E-state index contributed by atoms with van der Waals surface area (Å²) in [4.78, 5) is 10.5. The van der Waals surface area contributed by atoms with E-state index in [1.54, 1.807) is 12.1 Å². The van der Waals surface area contributed by atoms with Crippen LogP contribution in [0.25, 0.3) is 0 Å². The van der Waals surface area contributed by atoms with Crippen LogP contribution in [0.2, 0.25) is 5.02 Å². The highest BCUT2D eigenvalue weighted by atomic mass is 35.5. The van der Waals surface area contributed by atoms with Gasteiger partial charge in [0.15, 0.2) is 0 Å². The zero-order valence-corrected chi connectivity index (χ0v) is 11.0. The number of nitrogens with one attached hydrogen (secondary N) is 1. The largest absolute Gasteiger partial charge is 0.378 e. The highest BCUT2D eigenvalue weighted by Gasteiger charge is 2.41. The van der Waals surface area contributed by atoms with Gasteiger partial charge in [0.2, 0.25) is 0 Å². The molecule has 0 aromatic heterocycles. The Morgan fingerprint density at radius 2 is 2.29 bits per heavy atom. The van der Waals surface area contributed by atoms with Crippen molar-refractivity contribution in [2.75, 3.05) is 18.1 Å². The number of nitro benzene ring substituents is 1. The van der Waals surface area contributed by atoms with E-state index in [0.29, 0.717) is 10.7 Å². The van der Waals surface area contributed by atoms with Gasteiger partial charge in [-0.2, -0.15) is 11.8 Å². The van der Waals surface area contributed by atoms with E-state index in [1.807, 2.05) is 11.8 Å². The van der Waals surface area contributed by atoms with E-state index in [4.69, 9.17) is 11.6 Å². The van der Waals surface area contributed by atoms with Gasteiger partial charge in [-0.3, -0.25) is 10.1 Å². The van der Waals surface area contributed by atoms with Gasteiger partial charge < -0.3 is 5.32 Å². The topological polar surface area (TPSA) is 55.2 Å². The lowest BCUT2D eigenvalue weighted by molar-refractivity contribution is -0.383. The maximum atomic E-state index is 10.9. The van der Waals surface area contributed by atoms with Gasteiger partial charge in [-0.1, -0.05) is 11.6 Å². The molecule has 0 spiro atoms. The average Bonchev–Trinajstić information content (AvgIpc) is 3.08. The molecule has 17 heavy (non-hydrogen) atoms. The average molecular weight is 273 g/mol. The van der Waals surface area contributed by atoms with Gasteiger partial charge in [-0.05, 0) is 31.2 Å². The van der Waals surface area contributed by atoms with E-state index < -0.39 is 4.92 Å². The molecule has 1 aliphatic carbocycles. The van der Waals surface area contributed by atoms with Crippen molar-refractivity contribution in [3.8, 4) is 0 Å². The first kappa shape index (κ1) is 12.5. The molecular weight excluding hydrogens is 260 g/mol. The number of anilines is 1. The van der Waals surface area contributed by atoms with Crippen molar-refractivity contribution in [1.29, 1.82) is 0 Å². The summed E-state index contributed by atoms with van der Waals surface area (Å²) in [5.41, 5.74) is 0.578. The van der Waals surface area contributed by atoms with Crippen LogP contribution in [0.15, 0.2) is 18.2 Å². The number of hydrogen-bond donors (Lipinski definition) is 1. The fourth-order valence-corrected chi connectivity index (χ4v) is 2.55. The highest BCUT2D eigenvalue weighted by Crippen LogP contribution is 2.47. The van der Waals surface area contributed by atoms with E-state index >= 15 is 0 Å². The van der Waals surface area contributed by atoms with E-state index in [9.17, 15) is 10.1 Å². The Bertz CT molecular complexity index is 449. The van der Waals surface area contributed by atoms with Crippen LogP contribution in [0.3, 0.4) is 0 Å². The molecular formula is C11H13ClN2O2S. The summed E-state index contributed by atoms with van der Waals surface area (Å²) < 4.78 is 0.271. The molecule has 92 valence electrons. The van der Waals surface area contributed by atoms with E-state index in [2.05, 4.69) is 11.6 Å². The zero-order chi connectivity index (χ0) is 12.5. The van der Waals surface area contributed by atoms with Crippen LogP contribution in [0, 0.1) is 10.1 Å². The summed E-state index contributed by atoms with van der Waals surface area (Å²) in [5.74, 6) is 0. The van der Waals surface area contributed by atoms with Gasteiger partial charge in [0.1, 0.15) is 5.69 Å². The molecule has 2 rings (SSSR count). The van der Waals surface area contributed by atoms with E-state index in [-0.39, 0.29) is 10.4 Å². The van der Waals surface area contributed by atoms with Crippen LogP contribution in [0.5, 0.6) is 0 Å². The number of hydrogen-bond acceptors (Lipinski definition) is 4. The summed E-state index contributed by atoms with van der Waals surface area (Å²) >= 11 is 7.57. The maximum Gasteiger partial charge on any atom is 0.293 e. The first-order valence-electron chi connectivity index (χ1n) is 5.29. The molecule has 1 aromatic carbocycles. The summed E-state index contributed by atoms with van der Waals surface area (Å²) in [6, 6.07) is 4.70. The van der Waals surface area contributed by atoms with Gasteiger partial charge in [0, 0.05) is 22.4 Å². The monoisotopic (exact) mass is 272 g/mol. The number of rotatable bonds is 5. The summed E-state index contributed by atoms with van der Waals surface area (Å²) in [6.45, 7) is 0.761. The molecule has 0 radical (unpaired) electrons. The third-order valence-corrected chi connectivity index (χ3v) is 4.65. The summed E-state index contributed by atoms with van der Waals surface area (Å²) in [7, 11) is 0. The minimum Gasteiger partial charge on any atom is -0.378 e. The lowest BCUT2D eigenvalue weighted by atomic mass is 10.2. The van der Waals surface area contributed by atoms with Crippen molar-refractivity contribution >= 4 is 34.7 Å². The third kappa shape index (κ3) is 2.84. The van der Waals surface area contributed by atoms with Crippen LogP contribution >= 0.6 is 23.4 Å². The van der Waals surface area contributed by atoms with Gasteiger partial charge in [0.05, 0.1) is 4.92 Å². The molecule has 4 nitrogen and oxygen atoms in total. The third-order valence-electron chi connectivity index (χ3n) is 3.00. The van der Waals surface area contributed by atoms with Crippen molar-refractivity contribution in [2.24, 2.45) is 0 Å². The number of benzene rings is 1. The molecule has 1 fully saturated rings. The lowest BCUT2D eigenvalue weighted by Gasteiger charge is -2.14. The Balaban J connectivity index is 2.12. The minimum absolute atomic E-state index is 0.0365. The molecule has 1 saturated carbocycles. The van der Waals surface area contributed by atoms with Crippen LogP contribution in [0.1, 0.15) is 12.8 Å². The molecule has 6 heteroatoms. The molecule has 0 atom stereocenters. The fraction of sp³-hybridized carbons (Fsp3) is 0.455. The van der Waals surface area contributed by atoms with Crippen LogP contribution in [-0.4, -0.2) is 22.5 Å². The molecule has 0 heterocycles. The molecule has 1 aromatic rings. The van der Waals surface area contributed by atoms with Crippen molar-refractivity contribution in [3.63, 3.8) is 0 Å². The normalized spacial score (nSPS) is 16.6. The van der Waals surface area contributed by atoms with Gasteiger partial charge in [0.25, 0.3) is 5.69 Å². The first-order valence-corrected chi connectivity index (χ1v) is 6.90. The smallest absolute Gasteiger partial charge is 0.293 e. The zero-order valence-electron chi connectivity index (χ0n) is 9.40. The van der Waals surface area contributed by atoms with Gasteiger partial charge >= 0.3 is 0 Å². The Kier molecular flexibility index (Phi) is 3.49. The molecule has 0 amide bonds. The van der Waals surface area contributed by atoms with Crippen molar-refractivity contribution in [3.05, 3.63) is 33.3 Å². The molecule has 0 aliphatic heterocycles. The quantitative estimate of drug-likeness (QED) is 0.658. The predicted molar refractivity (Wildman–Crippen MR) is 72.1 cm³/mol. The van der Waals surface area contributed by atoms with Crippen molar-refractivity contribution < 1.29 is 4.92 Å². The maximum absolute atomic E-state index is 10.9. The van der Waals surface area contributed by atoms with Crippen LogP contribution in [0.4, 0.5) is 11.4 Å². The number of nitrogens with zero attached hydrogens (tertiary/aromatic N) is 1. The SMILES string of the molecule is CSC1(CNc2ccc(Cl)cc2[N+](=O)[O-])CC1. The fourth-order valence-electron chi connectivity index (χ4n) is 1.65. The van der Waals surface area contributed by atoms with Crippen LogP contribution < -0.4 is 5.32 Å². The standard InChI is InChI=1S/C11H13ClN2O2S/c1-17-11(4-5-11)7-13-9-3-2-8(12)6-10(9)14(15)16/h2-3,6,13H,4-5,7H2,1H3. The Morgan fingerprint density at radius 3 is 2.82 bits per heavy atom. The second-order valence-corrected chi connectivity index (χ2v) is 5.87. The van der Waals surface area contributed by atoms with E-state index in [0.717, 1.165) is 6.54 Å². The van der Waals surface area contributed by atoms with Gasteiger partial charge in [-0.25, -0.2) is 0 Å². The Hall–Kier alpha value is -0.940. The number of thioether (sulfide) groups is 1. The second-order valence-electron chi connectivity index (χ2n) is 4.16. The Morgan fingerprint density at radius 1 is 1.59 bits per heavy atom. The van der Waals surface area contributed by atoms with Crippen LogP contribution in [-0.2, 0) is 0 Å². The molecule has 1 N–H and O–H groups in total. The second kappa shape index (κ2) is 4.74. The molecule has 0 saturated heterocycles. The van der Waals surface area contributed by atoms with E-state index in [1.165, 1.54) is 18.9 Å². The summed E-state index contributed by atoms with van der Waals surface area (Å²) in [6.07, 6.45) is 4.41. The molecule has 0 unspecified atom stereocenters. The predicted octanol–water partition coefficient (Wildman–Crippen LogP) is 3.56. The molecule has 1 aliphatic rings.